The van der Waals surface area contributed by atoms with E-state index < -0.39 is 12.1 Å². The van der Waals surface area contributed by atoms with Crippen LogP contribution in [0.4, 0.5) is 4.79 Å². The number of carbonyl (C=O) groups is 3. The van der Waals surface area contributed by atoms with Gasteiger partial charge in [0.05, 0.1) is 6.26 Å². The predicted octanol–water partition coefficient (Wildman–Crippen LogP) is 6.37. The molecule has 46 heavy (non-hydrogen) atoms. The number of nitrogens with one attached hydrogen (secondary N) is 2. The van der Waals surface area contributed by atoms with Crippen LogP contribution in [0, 0.1) is 0 Å². The Hall–Kier alpha value is -4.37. The van der Waals surface area contributed by atoms with E-state index in [1.165, 1.54) is 18.2 Å². The first kappa shape index (κ1) is 33.0. The van der Waals surface area contributed by atoms with E-state index in [9.17, 15) is 14.4 Å². The summed E-state index contributed by atoms with van der Waals surface area (Å²) in [5.41, 5.74) is 10.8. The number of rotatable bonds is 13. The quantitative estimate of drug-likeness (QED) is 0.222. The molecule has 2 unspecified atom stereocenters. The fourth-order valence-corrected chi connectivity index (χ4v) is 6.53. The molecule has 1 saturated carbocycles. The Morgan fingerprint density at radius 1 is 1.07 bits per heavy atom. The lowest BCUT2D eigenvalue weighted by molar-refractivity contribution is -0.122. The molecule has 2 aromatic rings. The van der Waals surface area contributed by atoms with Crippen molar-refractivity contribution >= 4 is 23.5 Å². The smallest absolute Gasteiger partial charge is 0.407 e. The highest BCUT2D eigenvalue weighted by Gasteiger charge is 2.29. The van der Waals surface area contributed by atoms with Gasteiger partial charge in [-0.1, -0.05) is 61.8 Å². The number of nitrogens with two attached hydrogens (primary N) is 1. The minimum Gasteiger partial charge on any atom is -0.459 e. The van der Waals surface area contributed by atoms with E-state index in [1.807, 2.05) is 41.3 Å². The SMILES string of the molecule is CC1=CC(COC(=O)NC(CCCCN)C(=O)NC2=CC=C(CN(C(=O)c3ccco3)C3CCCCC3)CC=C2)c2ccccc21. The second-order valence-electron chi connectivity index (χ2n) is 12.4. The van der Waals surface area contributed by atoms with Crippen molar-refractivity contribution in [3.05, 3.63) is 101 Å². The second kappa shape index (κ2) is 16.3. The Morgan fingerprint density at radius 2 is 1.89 bits per heavy atom. The van der Waals surface area contributed by atoms with Gasteiger partial charge in [-0.05, 0) is 98.6 Å². The van der Waals surface area contributed by atoms with E-state index in [2.05, 4.69) is 35.8 Å². The standard InChI is InChI=1S/C37H46N4O5/c1-26-23-28(32-16-6-5-15-31(26)32)25-46-37(44)40-33(17-7-8-21-38)35(42)39-29-12-9-11-27(19-20-29)24-41(30-13-3-2-4-14-30)36(43)34-18-10-22-45-34/h5-6,9-10,12,15-16,18-20,22-23,28,30,33H,2-4,7-8,11,13-14,17,21,24-25,38H2,1H3,(H,39,42)(H,40,44). The molecule has 0 bridgehead atoms. The monoisotopic (exact) mass is 626 g/mol. The minimum absolute atomic E-state index is 0.0165. The van der Waals surface area contributed by atoms with Gasteiger partial charge < -0.3 is 30.4 Å². The summed E-state index contributed by atoms with van der Waals surface area (Å²) in [4.78, 5) is 41.6. The van der Waals surface area contributed by atoms with E-state index >= 15 is 0 Å². The van der Waals surface area contributed by atoms with Gasteiger partial charge in [-0.3, -0.25) is 9.59 Å². The molecule has 0 aliphatic heterocycles. The van der Waals surface area contributed by atoms with Gasteiger partial charge in [0.1, 0.15) is 12.6 Å². The average molecular weight is 627 g/mol. The van der Waals surface area contributed by atoms with Crippen molar-refractivity contribution < 1.29 is 23.5 Å². The summed E-state index contributed by atoms with van der Waals surface area (Å²) in [5, 5.41) is 5.76. The molecule has 9 nitrogen and oxygen atoms in total. The molecule has 5 rings (SSSR count). The Balaban J connectivity index is 1.20. The summed E-state index contributed by atoms with van der Waals surface area (Å²) >= 11 is 0. The summed E-state index contributed by atoms with van der Waals surface area (Å²) < 4.78 is 11.1. The molecule has 9 heteroatoms. The van der Waals surface area contributed by atoms with E-state index in [0.29, 0.717) is 43.8 Å². The van der Waals surface area contributed by atoms with Gasteiger partial charge >= 0.3 is 6.09 Å². The predicted molar refractivity (Wildman–Crippen MR) is 179 cm³/mol. The first-order valence-electron chi connectivity index (χ1n) is 16.6. The highest BCUT2D eigenvalue weighted by atomic mass is 16.5. The molecule has 0 radical (unpaired) electrons. The lowest BCUT2D eigenvalue weighted by Gasteiger charge is -2.34. The molecule has 244 valence electrons. The number of hydrogen-bond acceptors (Lipinski definition) is 6. The molecule has 1 heterocycles. The van der Waals surface area contributed by atoms with Crippen molar-refractivity contribution in [1.82, 2.24) is 15.5 Å². The van der Waals surface area contributed by atoms with Crippen LogP contribution in [0.2, 0.25) is 0 Å². The molecular weight excluding hydrogens is 580 g/mol. The van der Waals surface area contributed by atoms with Gasteiger partial charge in [-0.25, -0.2) is 4.79 Å². The van der Waals surface area contributed by atoms with Crippen molar-refractivity contribution in [2.45, 2.75) is 82.7 Å². The Morgan fingerprint density at radius 3 is 2.67 bits per heavy atom. The molecule has 0 saturated heterocycles. The van der Waals surface area contributed by atoms with Crippen LogP contribution < -0.4 is 16.4 Å². The maximum atomic E-state index is 13.4. The number of amides is 3. The van der Waals surface area contributed by atoms with E-state index in [0.717, 1.165) is 48.8 Å². The Kier molecular flexibility index (Phi) is 11.7. The molecule has 4 N–H and O–H groups in total. The van der Waals surface area contributed by atoms with Gasteiger partial charge in [0.15, 0.2) is 5.76 Å². The van der Waals surface area contributed by atoms with Crippen LogP contribution in [-0.4, -0.2) is 54.6 Å². The van der Waals surface area contributed by atoms with Crippen molar-refractivity contribution in [2.75, 3.05) is 19.7 Å². The number of nitrogens with zero attached hydrogens (tertiary/aromatic N) is 1. The topological polar surface area (TPSA) is 127 Å². The number of furan rings is 1. The molecule has 1 aromatic heterocycles. The zero-order valence-electron chi connectivity index (χ0n) is 26.7. The van der Waals surface area contributed by atoms with Gasteiger partial charge in [0.25, 0.3) is 5.91 Å². The molecule has 1 aromatic carbocycles. The van der Waals surface area contributed by atoms with Crippen LogP contribution in [0.3, 0.4) is 0 Å². The van der Waals surface area contributed by atoms with Crippen LogP contribution in [0.5, 0.6) is 0 Å². The normalized spacial score (nSPS) is 18.4. The molecular formula is C37H46N4O5. The summed E-state index contributed by atoms with van der Waals surface area (Å²) in [5.74, 6) is -0.0760. The Labute approximate surface area is 271 Å². The number of alkyl carbamates (subject to hydrolysis) is 1. The summed E-state index contributed by atoms with van der Waals surface area (Å²) in [7, 11) is 0. The van der Waals surface area contributed by atoms with Crippen molar-refractivity contribution in [3.63, 3.8) is 0 Å². The highest BCUT2D eigenvalue weighted by molar-refractivity contribution is 5.92. The number of unbranched alkanes of at least 4 members (excludes halogenated alkanes) is 1. The fraction of sp³-hybridized carbons (Fsp3) is 0.432. The van der Waals surface area contributed by atoms with Crippen LogP contribution in [0.25, 0.3) is 5.57 Å². The maximum Gasteiger partial charge on any atom is 0.407 e. The van der Waals surface area contributed by atoms with Crippen LogP contribution >= 0.6 is 0 Å². The second-order valence-corrected chi connectivity index (χ2v) is 12.4. The first-order valence-corrected chi connectivity index (χ1v) is 16.6. The molecule has 2 atom stereocenters. The first-order chi connectivity index (χ1) is 22.4. The third-order valence-electron chi connectivity index (χ3n) is 9.01. The lowest BCUT2D eigenvalue weighted by atomic mass is 9.93. The molecule has 3 aliphatic rings. The third-order valence-corrected chi connectivity index (χ3v) is 9.01. The van der Waals surface area contributed by atoms with E-state index in [4.69, 9.17) is 14.9 Å². The number of benzene rings is 1. The average Bonchev–Trinajstić information content (AvgIpc) is 3.66. The zero-order chi connectivity index (χ0) is 32.3. The molecule has 0 spiro atoms. The minimum atomic E-state index is -0.777. The van der Waals surface area contributed by atoms with Crippen LogP contribution in [0.1, 0.15) is 92.3 Å². The van der Waals surface area contributed by atoms with Crippen LogP contribution in [-0.2, 0) is 9.53 Å². The van der Waals surface area contributed by atoms with Gasteiger partial charge in [-0.15, -0.1) is 0 Å². The van der Waals surface area contributed by atoms with Gasteiger partial charge in [0.2, 0.25) is 5.91 Å². The number of carbonyl (C=O) groups excluding carboxylic acids is 3. The molecule has 1 fully saturated rings. The summed E-state index contributed by atoms with van der Waals surface area (Å²) in [6, 6.07) is 11.0. The summed E-state index contributed by atoms with van der Waals surface area (Å²) in [6.45, 7) is 3.24. The van der Waals surface area contributed by atoms with Crippen molar-refractivity contribution in [3.8, 4) is 0 Å². The van der Waals surface area contributed by atoms with Gasteiger partial charge in [0, 0.05) is 24.2 Å². The number of ether oxygens (including phenoxy) is 1. The number of hydrogen-bond donors (Lipinski definition) is 3. The van der Waals surface area contributed by atoms with Crippen molar-refractivity contribution in [2.24, 2.45) is 5.73 Å². The third kappa shape index (κ3) is 8.66. The van der Waals surface area contributed by atoms with E-state index in [1.54, 1.807) is 12.1 Å². The Bertz CT molecular complexity index is 1480. The van der Waals surface area contributed by atoms with Gasteiger partial charge in [-0.2, -0.15) is 0 Å². The number of fused-ring (bicyclic) bond motifs is 1. The fourth-order valence-electron chi connectivity index (χ4n) is 6.53. The molecule has 3 aliphatic carbocycles. The largest absolute Gasteiger partial charge is 0.459 e. The van der Waals surface area contributed by atoms with E-state index in [-0.39, 0.29) is 30.4 Å². The number of allylic oxidation sites excluding steroid dienone is 5. The lowest BCUT2D eigenvalue weighted by Crippen LogP contribution is -2.46. The highest BCUT2D eigenvalue weighted by Crippen LogP contribution is 2.35. The molecule has 3 amide bonds. The van der Waals surface area contributed by atoms with Crippen molar-refractivity contribution in [1.29, 1.82) is 0 Å². The summed E-state index contributed by atoms with van der Waals surface area (Å²) in [6.07, 6.45) is 18.6. The zero-order valence-corrected chi connectivity index (χ0v) is 26.7. The van der Waals surface area contributed by atoms with Crippen LogP contribution in [0.15, 0.2) is 88.7 Å². The maximum absolute atomic E-state index is 13.4.